The van der Waals surface area contributed by atoms with Crippen molar-refractivity contribution in [1.29, 1.82) is 0 Å². The smallest absolute Gasteiger partial charge is 0.208 e. The van der Waals surface area contributed by atoms with Gasteiger partial charge in [0.05, 0.1) is 0 Å². The Morgan fingerprint density at radius 2 is 2.13 bits per heavy atom. The molecule has 3 rings (SSSR count). The standard InChI is InChI=1S/C16H19BrFN3OS/c1-2-22-10-11-5-7-21(8-6-11)16-20-19-15(23-16)13-9-12(17)3-4-14(13)18/h3-4,9,11H,2,5-8,10H2,1H3. The summed E-state index contributed by atoms with van der Waals surface area (Å²) in [6.07, 6.45) is 2.19. The molecular formula is C16H19BrFN3OS. The van der Waals surface area contributed by atoms with Crippen LogP contribution in [0.3, 0.4) is 0 Å². The molecule has 2 aromatic rings. The highest BCUT2D eigenvalue weighted by molar-refractivity contribution is 9.10. The summed E-state index contributed by atoms with van der Waals surface area (Å²) in [6, 6.07) is 4.87. The van der Waals surface area contributed by atoms with Crippen LogP contribution in [0, 0.1) is 11.7 Å². The van der Waals surface area contributed by atoms with Crippen molar-refractivity contribution in [2.24, 2.45) is 5.92 Å². The molecule has 7 heteroatoms. The molecule has 4 nitrogen and oxygen atoms in total. The van der Waals surface area contributed by atoms with Gasteiger partial charge in [-0.1, -0.05) is 27.3 Å². The average molecular weight is 400 g/mol. The Kier molecular flexibility index (Phi) is 5.61. The summed E-state index contributed by atoms with van der Waals surface area (Å²) in [6.45, 7) is 5.55. The Morgan fingerprint density at radius 1 is 1.35 bits per heavy atom. The molecule has 1 fully saturated rings. The quantitative estimate of drug-likeness (QED) is 0.748. The normalized spacial score (nSPS) is 16.0. The van der Waals surface area contributed by atoms with Gasteiger partial charge < -0.3 is 9.64 Å². The SMILES string of the molecule is CCOCC1CCN(c2nnc(-c3cc(Br)ccc3F)s2)CC1. The van der Waals surface area contributed by atoms with Crippen LogP contribution < -0.4 is 4.90 Å². The van der Waals surface area contributed by atoms with E-state index in [9.17, 15) is 4.39 Å². The number of nitrogens with zero attached hydrogens (tertiary/aromatic N) is 3. The molecule has 1 aromatic carbocycles. The molecule has 124 valence electrons. The molecule has 1 aliphatic rings. The van der Waals surface area contributed by atoms with E-state index in [0.717, 1.165) is 48.7 Å². The van der Waals surface area contributed by atoms with E-state index in [1.165, 1.54) is 17.4 Å². The second kappa shape index (κ2) is 7.68. The van der Waals surface area contributed by atoms with Gasteiger partial charge in [0.15, 0.2) is 5.01 Å². The molecule has 0 spiro atoms. The topological polar surface area (TPSA) is 38.2 Å². The third kappa shape index (κ3) is 4.08. The van der Waals surface area contributed by atoms with Gasteiger partial charge in [-0.05, 0) is 43.9 Å². The van der Waals surface area contributed by atoms with E-state index in [4.69, 9.17) is 4.74 Å². The number of rotatable bonds is 5. The van der Waals surface area contributed by atoms with Gasteiger partial charge in [0.2, 0.25) is 5.13 Å². The van der Waals surface area contributed by atoms with E-state index in [0.29, 0.717) is 16.5 Å². The van der Waals surface area contributed by atoms with Crippen molar-refractivity contribution in [3.05, 3.63) is 28.5 Å². The summed E-state index contributed by atoms with van der Waals surface area (Å²) >= 11 is 4.82. The predicted octanol–water partition coefficient (Wildman–Crippen LogP) is 4.36. The predicted molar refractivity (Wildman–Crippen MR) is 94.4 cm³/mol. The number of anilines is 1. The lowest BCUT2D eigenvalue weighted by Gasteiger charge is -2.31. The van der Waals surface area contributed by atoms with Crippen molar-refractivity contribution < 1.29 is 9.13 Å². The number of piperidine rings is 1. The van der Waals surface area contributed by atoms with Crippen molar-refractivity contribution in [2.45, 2.75) is 19.8 Å². The van der Waals surface area contributed by atoms with Gasteiger partial charge in [-0.3, -0.25) is 0 Å². The Labute approximate surface area is 147 Å². The maximum absolute atomic E-state index is 14.0. The summed E-state index contributed by atoms with van der Waals surface area (Å²) < 4.78 is 20.3. The number of hydrogen-bond acceptors (Lipinski definition) is 5. The zero-order chi connectivity index (χ0) is 16.2. The molecule has 1 saturated heterocycles. The number of aromatic nitrogens is 2. The van der Waals surface area contributed by atoms with Crippen LogP contribution >= 0.6 is 27.3 Å². The Balaban J connectivity index is 1.67. The van der Waals surface area contributed by atoms with Crippen molar-refractivity contribution in [3.63, 3.8) is 0 Å². The summed E-state index contributed by atoms with van der Waals surface area (Å²) in [5, 5.41) is 9.92. The largest absolute Gasteiger partial charge is 0.381 e. The minimum absolute atomic E-state index is 0.272. The molecule has 0 amide bonds. The van der Waals surface area contributed by atoms with Crippen LogP contribution in [-0.4, -0.2) is 36.5 Å². The van der Waals surface area contributed by atoms with Crippen LogP contribution in [0.1, 0.15) is 19.8 Å². The number of hydrogen-bond donors (Lipinski definition) is 0. The highest BCUT2D eigenvalue weighted by atomic mass is 79.9. The van der Waals surface area contributed by atoms with Gasteiger partial charge in [-0.2, -0.15) is 0 Å². The molecule has 1 aromatic heterocycles. The zero-order valence-corrected chi connectivity index (χ0v) is 15.4. The van der Waals surface area contributed by atoms with E-state index in [1.54, 1.807) is 12.1 Å². The van der Waals surface area contributed by atoms with Crippen LogP contribution in [0.25, 0.3) is 10.6 Å². The third-order valence-corrected chi connectivity index (χ3v) is 5.53. The lowest BCUT2D eigenvalue weighted by molar-refractivity contribution is 0.100. The van der Waals surface area contributed by atoms with E-state index in [1.807, 2.05) is 6.92 Å². The van der Waals surface area contributed by atoms with Crippen LogP contribution in [0.15, 0.2) is 22.7 Å². The summed E-state index contributed by atoms with van der Waals surface area (Å²) in [5.41, 5.74) is 0.495. The first-order valence-electron chi connectivity index (χ1n) is 7.79. The average Bonchev–Trinajstić information content (AvgIpc) is 3.05. The first-order chi connectivity index (χ1) is 11.2. The Hall–Kier alpha value is -1.05. The van der Waals surface area contributed by atoms with Gasteiger partial charge in [0.25, 0.3) is 0 Å². The number of halogens is 2. The lowest BCUT2D eigenvalue weighted by atomic mass is 9.98. The molecule has 2 heterocycles. The van der Waals surface area contributed by atoms with Gasteiger partial charge in [0.1, 0.15) is 5.82 Å². The number of ether oxygens (including phenoxy) is 1. The fourth-order valence-electron chi connectivity index (χ4n) is 2.69. The Bertz CT molecular complexity index is 659. The molecular weight excluding hydrogens is 381 g/mol. The first-order valence-corrected chi connectivity index (χ1v) is 9.40. The summed E-state index contributed by atoms with van der Waals surface area (Å²) in [5.74, 6) is 0.354. The van der Waals surface area contributed by atoms with E-state index in [-0.39, 0.29) is 5.82 Å². The van der Waals surface area contributed by atoms with Gasteiger partial charge in [-0.25, -0.2) is 4.39 Å². The Morgan fingerprint density at radius 3 is 2.87 bits per heavy atom. The van der Waals surface area contributed by atoms with Crippen molar-refractivity contribution in [3.8, 4) is 10.6 Å². The van der Waals surface area contributed by atoms with E-state index in [2.05, 4.69) is 31.0 Å². The summed E-state index contributed by atoms with van der Waals surface area (Å²) in [7, 11) is 0. The van der Waals surface area contributed by atoms with Crippen LogP contribution in [0.5, 0.6) is 0 Å². The fraction of sp³-hybridized carbons (Fsp3) is 0.500. The minimum atomic E-state index is -0.272. The molecule has 0 radical (unpaired) electrons. The van der Waals surface area contributed by atoms with Gasteiger partial charge >= 0.3 is 0 Å². The van der Waals surface area contributed by atoms with Crippen LogP contribution in [0.4, 0.5) is 9.52 Å². The molecule has 0 bridgehead atoms. The summed E-state index contributed by atoms with van der Waals surface area (Å²) in [4.78, 5) is 2.24. The van der Waals surface area contributed by atoms with Crippen molar-refractivity contribution in [1.82, 2.24) is 10.2 Å². The van der Waals surface area contributed by atoms with Gasteiger partial charge in [0, 0.05) is 36.3 Å². The third-order valence-electron chi connectivity index (χ3n) is 4.02. The fourth-order valence-corrected chi connectivity index (χ4v) is 3.96. The van der Waals surface area contributed by atoms with Crippen LogP contribution in [0.2, 0.25) is 0 Å². The molecule has 0 saturated carbocycles. The molecule has 0 N–H and O–H groups in total. The first kappa shape index (κ1) is 16.8. The minimum Gasteiger partial charge on any atom is -0.381 e. The second-order valence-electron chi connectivity index (χ2n) is 5.60. The second-order valence-corrected chi connectivity index (χ2v) is 7.48. The molecule has 0 unspecified atom stereocenters. The number of benzene rings is 1. The van der Waals surface area contributed by atoms with Crippen molar-refractivity contribution >= 4 is 32.4 Å². The van der Waals surface area contributed by atoms with E-state index >= 15 is 0 Å². The molecule has 1 aliphatic heterocycles. The highest BCUT2D eigenvalue weighted by Gasteiger charge is 2.22. The molecule has 0 atom stereocenters. The maximum atomic E-state index is 14.0. The maximum Gasteiger partial charge on any atom is 0.208 e. The zero-order valence-electron chi connectivity index (χ0n) is 13.0. The van der Waals surface area contributed by atoms with Crippen LogP contribution in [-0.2, 0) is 4.74 Å². The van der Waals surface area contributed by atoms with Crippen molar-refractivity contribution in [2.75, 3.05) is 31.2 Å². The molecule has 23 heavy (non-hydrogen) atoms. The van der Waals surface area contributed by atoms with Gasteiger partial charge in [-0.15, -0.1) is 10.2 Å². The highest BCUT2D eigenvalue weighted by Crippen LogP contribution is 2.33. The monoisotopic (exact) mass is 399 g/mol. The lowest BCUT2D eigenvalue weighted by Crippen LogP contribution is -2.35. The molecule has 0 aliphatic carbocycles. The van der Waals surface area contributed by atoms with E-state index < -0.39 is 0 Å².